The lowest BCUT2D eigenvalue weighted by atomic mass is 10.1. The summed E-state index contributed by atoms with van der Waals surface area (Å²) in [5, 5.41) is 0. The Balaban J connectivity index is 4.11. The average molecular weight is 347 g/mol. The molecule has 0 fully saturated rings. The van der Waals surface area contributed by atoms with E-state index >= 15 is 0 Å². The van der Waals surface area contributed by atoms with Crippen LogP contribution in [-0.2, 0) is 14.3 Å². The Morgan fingerprint density at radius 3 is 2.40 bits per heavy atom. The first-order valence-corrected chi connectivity index (χ1v) is 9.03. The van der Waals surface area contributed by atoms with Gasteiger partial charge < -0.3 is 9.47 Å². The number of carbonyl (C=O) groups is 1. The average Bonchev–Trinajstić information content (AvgIpc) is 2.59. The number of esters is 1. The van der Waals surface area contributed by atoms with E-state index in [9.17, 15) is 4.79 Å². The van der Waals surface area contributed by atoms with E-state index in [1.165, 1.54) is 31.9 Å². The molecule has 0 aromatic carbocycles. The predicted molar refractivity (Wildman–Crippen MR) is 106 cm³/mol. The first-order chi connectivity index (χ1) is 12.0. The van der Waals surface area contributed by atoms with Gasteiger partial charge in [-0.1, -0.05) is 54.9 Å². The van der Waals surface area contributed by atoms with Gasteiger partial charge in [0.05, 0.1) is 13.7 Å². The molecule has 0 spiro atoms. The smallest absolute Gasteiger partial charge is 0.373 e. The van der Waals surface area contributed by atoms with Crippen molar-refractivity contribution in [3.8, 4) is 0 Å². The van der Waals surface area contributed by atoms with E-state index in [4.69, 9.17) is 9.47 Å². The summed E-state index contributed by atoms with van der Waals surface area (Å²) in [4.78, 5) is 11.8. The van der Waals surface area contributed by atoms with Crippen molar-refractivity contribution in [3.05, 3.63) is 60.4 Å². The zero-order chi connectivity index (χ0) is 18.9. The molecule has 0 radical (unpaired) electrons. The second-order valence-corrected chi connectivity index (χ2v) is 6.08. The fourth-order valence-electron chi connectivity index (χ4n) is 2.29. The normalized spacial score (nSPS) is 12.7. The fraction of sp³-hybridized carbons (Fsp3) is 0.500. The quantitative estimate of drug-likeness (QED) is 0.0958. The van der Waals surface area contributed by atoms with Crippen molar-refractivity contribution in [1.82, 2.24) is 0 Å². The van der Waals surface area contributed by atoms with E-state index < -0.39 is 5.97 Å². The molecule has 0 rings (SSSR count). The van der Waals surface area contributed by atoms with E-state index in [2.05, 4.69) is 32.2 Å². The molecule has 0 unspecified atom stereocenters. The second-order valence-electron chi connectivity index (χ2n) is 6.08. The molecule has 140 valence electrons. The van der Waals surface area contributed by atoms with E-state index in [1.807, 2.05) is 13.0 Å². The Hall–Kier alpha value is -2.03. The van der Waals surface area contributed by atoms with Gasteiger partial charge in [-0.3, -0.25) is 0 Å². The van der Waals surface area contributed by atoms with Gasteiger partial charge in [0.2, 0.25) is 5.76 Å². The lowest BCUT2D eigenvalue weighted by Crippen LogP contribution is -2.10. The number of carbonyl (C=O) groups excluding carboxylic acids is 1. The minimum atomic E-state index is -0.431. The Kier molecular flexibility index (Phi) is 14.2. The number of ether oxygens (including phenoxy) is 2. The third-order valence-corrected chi connectivity index (χ3v) is 3.73. The zero-order valence-electron chi connectivity index (χ0n) is 16.2. The molecule has 3 heteroatoms. The van der Waals surface area contributed by atoms with Gasteiger partial charge in [0.25, 0.3) is 0 Å². The lowest BCUT2D eigenvalue weighted by molar-refractivity contribution is -0.142. The van der Waals surface area contributed by atoms with Crippen LogP contribution in [0.5, 0.6) is 0 Å². The van der Waals surface area contributed by atoms with Crippen molar-refractivity contribution in [2.45, 2.75) is 58.8 Å². The van der Waals surface area contributed by atoms with Crippen LogP contribution in [0.15, 0.2) is 60.4 Å². The molecule has 0 N–H and O–H groups in total. The highest BCUT2D eigenvalue weighted by molar-refractivity contribution is 5.86. The largest absolute Gasteiger partial charge is 0.490 e. The van der Waals surface area contributed by atoms with Crippen LogP contribution in [0, 0.1) is 0 Å². The van der Waals surface area contributed by atoms with Crippen LogP contribution >= 0.6 is 0 Å². The summed E-state index contributed by atoms with van der Waals surface area (Å²) in [5.41, 5.74) is 2.41. The van der Waals surface area contributed by atoms with Gasteiger partial charge in [0, 0.05) is 0 Å². The maximum absolute atomic E-state index is 11.8. The van der Waals surface area contributed by atoms with Crippen molar-refractivity contribution in [2.24, 2.45) is 0 Å². The van der Waals surface area contributed by atoms with Gasteiger partial charge >= 0.3 is 5.97 Å². The van der Waals surface area contributed by atoms with E-state index in [-0.39, 0.29) is 5.76 Å². The van der Waals surface area contributed by atoms with Gasteiger partial charge in [-0.15, -0.1) is 6.58 Å². The molecule has 0 saturated heterocycles. The molecule has 0 amide bonds. The minimum Gasteiger partial charge on any atom is -0.490 e. The molecule has 3 nitrogen and oxygen atoms in total. The standard InChI is InChI=1S/C22H34O3/c1-6-8-17-25-22(23)21(24-5)18-20(4)16-13-11-9-10-12-15-19(3)14-7-2/h6-7,14,16,18H,1-2,8-13,15,17H2,3-5H3/b19-14+,20-16+,21-18-. The first kappa shape index (κ1) is 23.0. The van der Waals surface area contributed by atoms with Crippen LogP contribution in [0.3, 0.4) is 0 Å². The summed E-state index contributed by atoms with van der Waals surface area (Å²) in [6.45, 7) is 11.8. The van der Waals surface area contributed by atoms with Crippen LogP contribution in [0.4, 0.5) is 0 Å². The molecule has 0 heterocycles. The number of hydrogen-bond acceptors (Lipinski definition) is 3. The van der Waals surface area contributed by atoms with Crippen molar-refractivity contribution >= 4 is 5.97 Å². The number of hydrogen-bond donors (Lipinski definition) is 0. The Morgan fingerprint density at radius 2 is 1.76 bits per heavy atom. The summed E-state index contributed by atoms with van der Waals surface area (Å²) in [6, 6.07) is 0. The monoisotopic (exact) mass is 346 g/mol. The molecule has 0 aliphatic heterocycles. The fourth-order valence-corrected chi connectivity index (χ4v) is 2.29. The van der Waals surface area contributed by atoms with Gasteiger partial charge in [0.15, 0.2) is 0 Å². The SMILES string of the molecule is C=C/C=C(\C)CCCCCC/C=C(C)/C=C(\OC)C(=O)OCCC=C. The van der Waals surface area contributed by atoms with Crippen LogP contribution in [0.25, 0.3) is 0 Å². The summed E-state index contributed by atoms with van der Waals surface area (Å²) >= 11 is 0. The minimum absolute atomic E-state index is 0.238. The number of methoxy groups -OCH3 is 1. The van der Waals surface area contributed by atoms with Crippen molar-refractivity contribution in [1.29, 1.82) is 0 Å². The molecule has 0 bridgehead atoms. The summed E-state index contributed by atoms with van der Waals surface area (Å²) in [6.07, 6.45) is 17.1. The van der Waals surface area contributed by atoms with Gasteiger partial charge in [-0.2, -0.15) is 0 Å². The van der Waals surface area contributed by atoms with Crippen molar-refractivity contribution in [3.63, 3.8) is 0 Å². The van der Waals surface area contributed by atoms with Gasteiger partial charge in [-0.05, 0) is 52.0 Å². The Morgan fingerprint density at radius 1 is 1.04 bits per heavy atom. The van der Waals surface area contributed by atoms with Crippen molar-refractivity contribution in [2.75, 3.05) is 13.7 Å². The van der Waals surface area contributed by atoms with Crippen molar-refractivity contribution < 1.29 is 14.3 Å². The van der Waals surface area contributed by atoms with Crippen LogP contribution < -0.4 is 0 Å². The maximum Gasteiger partial charge on any atom is 0.373 e. The molecule has 25 heavy (non-hydrogen) atoms. The molecule has 0 atom stereocenters. The second kappa shape index (κ2) is 15.5. The molecular weight excluding hydrogens is 312 g/mol. The van der Waals surface area contributed by atoms with Crippen LogP contribution in [-0.4, -0.2) is 19.7 Å². The molecule has 0 aromatic heterocycles. The predicted octanol–water partition coefficient (Wildman–Crippen LogP) is 6.06. The highest BCUT2D eigenvalue weighted by atomic mass is 16.6. The number of allylic oxidation sites excluding steroid dienone is 6. The lowest BCUT2D eigenvalue weighted by Gasteiger charge is -2.06. The Bertz CT molecular complexity index is 495. The van der Waals surface area contributed by atoms with Gasteiger partial charge in [-0.25, -0.2) is 4.79 Å². The topological polar surface area (TPSA) is 35.5 Å². The molecule has 0 aliphatic carbocycles. The Labute approximate surface area is 153 Å². The zero-order valence-corrected chi connectivity index (χ0v) is 16.2. The maximum atomic E-state index is 11.8. The van der Waals surface area contributed by atoms with E-state index in [0.29, 0.717) is 13.0 Å². The highest BCUT2D eigenvalue weighted by Crippen LogP contribution is 2.12. The number of rotatable bonds is 14. The van der Waals surface area contributed by atoms with Crippen LogP contribution in [0.1, 0.15) is 58.8 Å². The summed E-state index contributed by atoms with van der Waals surface area (Å²) in [7, 11) is 1.48. The van der Waals surface area contributed by atoms with Crippen LogP contribution in [0.2, 0.25) is 0 Å². The number of unbranched alkanes of at least 4 members (excludes halogenated alkanes) is 4. The molecule has 0 aromatic rings. The van der Waals surface area contributed by atoms with E-state index in [0.717, 1.165) is 24.8 Å². The molecular formula is C22H34O3. The first-order valence-electron chi connectivity index (χ1n) is 9.03. The molecule has 0 aliphatic rings. The van der Waals surface area contributed by atoms with E-state index in [1.54, 1.807) is 12.2 Å². The summed E-state index contributed by atoms with van der Waals surface area (Å²) < 4.78 is 10.2. The highest BCUT2D eigenvalue weighted by Gasteiger charge is 2.10. The summed E-state index contributed by atoms with van der Waals surface area (Å²) in [5.74, 6) is -0.192. The third kappa shape index (κ3) is 13.0. The molecule has 0 saturated carbocycles. The van der Waals surface area contributed by atoms with Gasteiger partial charge in [0.1, 0.15) is 0 Å². The third-order valence-electron chi connectivity index (χ3n) is 3.73.